The standard InChI is InChI=1S/C21H24N6O4/c1-15-18-7-6-8-19(15)27-12-17(23-25-27)14-31-21(29)10-5-3-2-4-9-20(28)30-13-16-11-26(18)24-22-16/h6-8,11-12H,2-5,9-10,13-14H2,1H3. The Morgan fingerprint density at radius 3 is 1.74 bits per heavy atom. The quantitative estimate of drug-likeness (QED) is 0.506. The van der Waals surface area contributed by atoms with Gasteiger partial charge in [0.2, 0.25) is 0 Å². The molecule has 0 fully saturated rings. The average Bonchev–Trinajstić information content (AvgIpc) is 3.42. The van der Waals surface area contributed by atoms with Crippen LogP contribution in [0.1, 0.15) is 55.5 Å². The summed E-state index contributed by atoms with van der Waals surface area (Å²) in [4.78, 5) is 23.9. The van der Waals surface area contributed by atoms with Gasteiger partial charge in [-0.3, -0.25) is 9.59 Å². The van der Waals surface area contributed by atoms with E-state index in [-0.39, 0.29) is 25.2 Å². The highest BCUT2D eigenvalue weighted by atomic mass is 16.5. The minimum Gasteiger partial charge on any atom is -0.459 e. The van der Waals surface area contributed by atoms with E-state index in [1.807, 2.05) is 25.1 Å². The number of benzene rings is 1. The van der Waals surface area contributed by atoms with Crippen molar-refractivity contribution in [3.63, 3.8) is 0 Å². The van der Waals surface area contributed by atoms with E-state index in [2.05, 4.69) is 20.6 Å². The number of hydrogen-bond donors (Lipinski definition) is 0. The fraction of sp³-hybridized carbons (Fsp3) is 0.429. The Labute approximate surface area is 179 Å². The van der Waals surface area contributed by atoms with Gasteiger partial charge < -0.3 is 9.47 Å². The number of esters is 2. The summed E-state index contributed by atoms with van der Waals surface area (Å²) < 4.78 is 13.9. The van der Waals surface area contributed by atoms with Crippen LogP contribution in [-0.2, 0) is 32.3 Å². The molecule has 3 aromatic rings. The van der Waals surface area contributed by atoms with E-state index >= 15 is 0 Å². The summed E-state index contributed by atoms with van der Waals surface area (Å²) in [6.45, 7) is 2.11. The highest BCUT2D eigenvalue weighted by Crippen LogP contribution is 2.21. The highest BCUT2D eigenvalue weighted by molar-refractivity contribution is 5.69. The number of aromatic nitrogens is 6. The van der Waals surface area contributed by atoms with Gasteiger partial charge in [0.25, 0.3) is 0 Å². The number of cyclic esters (lactones) is 2. The molecule has 0 amide bonds. The first-order valence-corrected chi connectivity index (χ1v) is 10.3. The van der Waals surface area contributed by atoms with Crippen LogP contribution in [0.15, 0.2) is 30.6 Å². The Morgan fingerprint density at radius 1 is 0.774 bits per heavy atom. The second-order valence-corrected chi connectivity index (χ2v) is 7.47. The largest absolute Gasteiger partial charge is 0.459 e. The van der Waals surface area contributed by atoms with Crippen LogP contribution in [0.25, 0.3) is 11.4 Å². The summed E-state index contributed by atoms with van der Waals surface area (Å²) in [6.07, 6.45) is 7.31. The molecule has 31 heavy (non-hydrogen) atoms. The Balaban J connectivity index is 1.59. The molecule has 0 atom stereocenters. The van der Waals surface area contributed by atoms with Gasteiger partial charge in [-0.25, -0.2) is 9.36 Å². The molecule has 4 rings (SSSR count). The van der Waals surface area contributed by atoms with Crippen molar-refractivity contribution in [3.05, 3.63) is 47.5 Å². The van der Waals surface area contributed by atoms with Crippen molar-refractivity contribution in [2.45, 2.75) is 58.7 Å². The van der Waals surface area contributed by atoms with Gasteiger partial charge >= 0.3 is 11.9 Å². The summed E-state index contributed by atoms with van der Waals surface area (Å²) in [5.41, 5.74) is 3.69. The van der Waals surface area contributed by atoms with Crippen LogP contribution in [-0.4, -0.2) is 41.9 Å². The molecule has 0 saturated heterocycles. The van der Waals surface area contributed by atoms with Crippen molar-refractivity contribution in [3.8, 4) is 11.4 Å². The molecular formula is C21H24N6O4. The second kappa shape index (κ2) is 9.50. The molecule has 1 aliphatic rings. The fourth-order valence-corrected chi connectivity index (χ4v) is 3.42. The topological polar surface area (TPSA) is 114 Å². The van der Waals surface area contributed by atoms with Gasteiger partial charge in [0.1, 0.15) is 24.6 Å². The molecular weight excluding hydrogens is 400 g/mol. The van der Waals surface area contributed by atoms with Crippen molar-refractivity contribution in [2.75, 3.05) is 0 Å². The lowest BCUT2D eigenvalue weighted by molar-refractivity contribution is -0.146. The fourth-order valence-electron chi connectivity index (χ4n) is 3.42. The van der Waals surface area contributed by atoms with Crippen molar-refractivity contribution in [2.24, 2.45) is 0 Å². The Kier molecular flexibility index (Phi) is 6.34. The molecule has 0 unspecified atom stereocenters. The molecule has 3 heterocycles. The molecule has 1 aromatic carbocycles. The highest BCUT2D eigenvalue weighted by Gasteiger charge is 2.14. The predicted octanol–water partition coefficient (Wildman–Crippen LogP) is 2.60. The summed E-state index contributed by atoms with van der Waals surface area (Å²) in [6, 6.07) is 5.72. The number of rotatable bonds is 0. The summed E-state index contributed by atoms with van der Waals surface area (Å²) in [7, 11) is 0. The number of nitrogens with zero attached hydrogens (tertiary/aromatic N) is 6. The van der Waals surface area contributed by atoms with Crippen molar-refractivity contribution < 1.29 is 19.1 Å². The zero-order chi connectivity index (χ0) is 21.6. The van der Waals surface area contributed by atoms with Crippen molar-refractivity contribution >= 4 is 11.9 Å². The summed E-state index contributed by atoms with van der Waals surface area (Å²) >= 11 is 0. The first-order chi connectivity index (χ1) is 15.1. The van der Waals surface area contributed by atoms with Crippen LogP contribution in [0.4, 0.5) is 0 Å². The minimum atomic E-state index is -0.264. The number of ether oxygens (including phenoxy) is 2. The third-order valence-corrected chi connectivity index (χ3v) is 5.13. The lowest BCUT2D eigenvalue weighted by Gasteiger charge is -2.10. The first-order valence-electron chi connectivity index (χ1n) is 10.3. The molecule has 1 aliphatic heterocycles. The molecule has 0 radical (unpaired) electrons. The van der Waals surface area contributed by atoms with Crippen LogP contribution in [0.3, 0.4) is 0 Å². The van der Waals surface area contributed by atoms with Crippen LogP contribution in [0.5, 0.6) is 0 Å². The minimum absolute atomic E-state index is 0.0792. The maximum Gasteiger partial charge on any atom is 0.306 e. The lowest BCUT2D eigenvalue weighted by Crippen LogP contribution is -2.05. The first kappa shape index (κ1) is 20.7. The Hall–Kier alpha value is -3.56. The molecule has 10 heteroatoms. The van der Waals surface area contributed by atoms with Crippen LogP contribution >= 0.6 is 0 Å². The summed E-state index contributed by atoms with van der Waals surface area (Å²) in [5.74, 6) is -0.528. The second-order valence-electron chi connectivity index (χ2n) is 7.47. The van der Waals surface area contributed by atoms with Crippen molar-refractivity contribution in [1.82, 2.24) is 30.0 Å². The van der Waals surface area contributed by atoms with E-state index in [9.17, 15) is 9.59 Å². The van der Waals surface area contributed by atoms with Gasteiger partial charge in [-0.05, 0) is 31.9 Å². The number of carbonyl (C=O) groups is 2. The maximum atomic E-state index is 12.0. The Morgan fingerprint density at radius 2 is 1.26 bits per heavy atom. The van der Waals surface area contributed by atoms with Gasteiger partial charge in [-0.1, -0.05) is 29.3 Å². The smallest absolute Gasteiger partial charge is 0.306 e. The molecule has 0 aliphatic carbocycles. The van der Waals surface area contributed by atoms with E-state index in [1.54, 1.807) is 21.8 Å². The van der Waals surface area contributed by atoms with Gasteiger partial charge in [0.05, 0.1) is 23.8 Å². The van der Waals surface area contributed by atoms with E-state index in [4.69, 9.17) is 9.47 Å². The number of carbonyl (C=O) groups excluding carboxylic acids is 2. The van der Waals surface area contributed by atoms with Crippen molar-refractivity contribution in [1.29, 1.82) is 0 Å². The zero-order valence-electron chi connectivity index (χ0n) is 17.4. The zero-order valence-corrected chi connectivity index (χ0v) is 17.4. The predicted molar refractivity (Wildman–Crippen MR) is 108 cm³/mol. The molecule has 0 N–H and O–H groups in total. The molecule has 6 bridgehead atoms. The third kappa shape index (κ3) is 5.14. The van der Waals surface area contributed by atoms with Gasteiger partial charge in [0, 0.05) is 18.4 Å². The van der Waals surface area contributed by atoms with Crippen LogP contribution in [0.2, 0.25) is 0 Å². The molecule has 0 saturated carbocycles. The molecule has 10 nitrogen and oxygen atoms in total. The van der Waals surface area contributed by atoms with Gasteiger partial charge in [-0.2, -0.15) is 0 Å². The molecule has 0 spiro atoms. The van der Waals surface area contributed by atoms with E-state index in [0.29, 0.717) is 24.2 Å². The monoisotopic (exact) mass is 424 g/mol. The van der Waals surface area contributed by atoms with Crippen LogP contribution < -0.4 is 0 Å². The normalized spacial score (nSPS) is 16.2. The number of fused-ring (bicyclic) bond motifs is 8. The molecule has 162 valence electrons. The number of hydrogen-bond acceptors (Lipinski definition) is 8. The van der Waals surface area contributed by atoms with E-state index < -0.39 is 0 Å². The van der Waals surface area contributed by atoms with E-state index in [1.165, 1.54) is 0 Å². The summed E-state index contributed by atoms with van der Waals surface area (Å²) in [5, 5.41) is 16.6. The molecule has 2 aromatic heterocycles. The SMILES string of the molecule is Cc1c2cccc1-n1cc(nn1)COC(=O)CCCCCCC(=O)OCc1cn-2nn1. The Bertz CT molecular complexity index is 993. The van der Waals surface area contributed by atoms with Crippen LogP contribution in [0, 0.1) is 6.92 Å². The van der Waals surface area contributed by atoms with Gasteiger partial charge in [0.15, 0.2) is 0 Å². The lowest BCUT2D eigenvalue weighted by atomic mass is 10.1. The maximum absolute atomic E-state index is 12.0. The average molecular weight is 424 g/mol. The third-order valence-electron chi connectivity index (χ3n) is 5.13. The van der Waals surface area contributed by atoms with E-state index in [0.717, 1.165) is 42.6 Å². The van der Waals surface area contributed by atoms with Gasteiger partial charge in [-0.15, -0.1) is 10.2 Å².